The van der Waals surface area contributed by atoms with E-state index >= 15 is 0 Å². The van der Waals surface area contributed by atoms with Crippen molar-refractivity contribution >= 4 is 21.6 Å². The zero-order valence-electron chi connectivity index (χ0n) is 11.3. The Labute approximate surface area is 122 Å². The summed E-state index contributed by atoms with van der Waals surface area (Å²) in [7, 11) is 0. The van der Waals surface area contributed by atoms with Crippen molar-refractivity contribution in [1.82, 2.24) is 4.90 Å². The fourth-order valence-corrected chi connectivity index (χ4v) is 3.01. The highest BCUT2D eigenvalue weighted by atomic mass is 79.9. The van der Waals surface area contributed by atoms with Crippen LogP contribution in [0.5, 0.6) is 0 Å². The SMILES string of the molecule is CCCN1CCN(c2ccc(CN)c(Br)c2F)CC1. The number of hydrogen-bond donors (Lipinski definition) is 1. The van der Waals surface area contributed by atoms with Crippen LogP contribution in [0.25, 0.3) is 0 Å². The van der Waals surface area contributed by atoms with Gasteiger partial charge in [0.15, 0.2) is 5.82 Å². The minimum absolute atomic E-state index is 0.188. The molecule has 3 nitrogen and oxygen atoms in total. The number of nitrogens with two attached hydrogens (primary N) is 1. The molecule has 0 spiro atoms. The van der Waals surface area contributed by atoms with Crippen molar-refractivity contribution < 1.29 is 4.39 Å². The van der Waals surface area contributed by atoms with Gasteiger partial charge in [-0.1, -0.05) is 13.0 Å². The molecule has 19 heavy (non-hydrogen) atoms. The molecule has 1 aliphatic heterocycles. The lowest BCUT2D eigenvalue weighted by molar-refractivity contribution is 0.258. The van der Waals surface area contributed by atoms with Gasteiger partial charge in [0, 0.05) is 32.7 Å². The Morgan fingerprint density at radius 2 is 1.95 bits per heavy atom. The van der Waals surface area contributed by atoms with Crippen molar-refractivity contribution in [3.8, 4) is 0 Å². The van der Waals surface area contributed by atoms with Gasteiger partial charge in [-0.15, -0.1) is 0 Å². The number of nitrogens with zero attached hydrogens (tertiary/aromatic N) is 2. The van der Waals surface area contributed by atoms with Crippen molar-refractivity contribution in [1.29, 1.82) is 0 Å². The molecule has 2 rings (SSSR count). The number of anilines is 1. The van der Waals surface area contributed by atoms with E-state index in [0.717, 1.165) is 38.3 Å². The predicted octanol–water partition coefficient (Wildman–Crippen LogP) is 2.58. The smallest absolute Gasteiger partial charge is 0.160 e. The van der Waals surface area contributed by atoms with Gasteiger partial charge < -0.3 is 10.6 Å². The maximum absolute atomic E-state index is 14.3. The summed E-state index contributed by atoms with van der Waals surface area (Å²) in [5.74, 6) is -0.188. The lowest BCUT2D eigenvalue weighted by atomic mass is 10.1. The van der Waals surface area contributed by atoms with E-state index in [1.54, 1.807) is 0 Å². The number of halogens is 2. The first-order valence-electron chi connectivity index (χ1n) is 6.81. The van der Waals surface area contributed by atoms with Crippen molar-refractivity contribution in [2.24, 2.45) is 5.73 Å². The van der Waals surface area contributed by atoms with Crippen LogP contribution in [-0.2, 0) is 6.54 Å². The van der Waals surface area contributed by atoms with Crippen LogP contribution in [0.3, 0.4) is 0 Å². The molecule has 1 heterocycles. The minimum Gasteiger partial charge on any atom is -0.367 e. The minimum atomic E-state index is -0.188. The zero-order chi connectivity index (χ0) is 13.8. The van der Waals surface area contributed by atoms with Crippen LogP contribution in [-0.4, -0.2) is 37.6 Å². The molecule has 1 aliphatic rings. The Kier molecular flexibility index (Phi) is 5.19. The molecule has 1 aromatic carbocycles. The van der Waals surface area contributed by atoms with E-state index in [1.807, 2.05) is 12.1 Å². The molecule has 0 amide bonds. The number of hydrogen-bond acceptors (Lipinski definition) is 3. The Balaban J connectivity index is 2.09. The third-order valence-corrected chi connectivity index (χ3v) is 4.47. The molecule has 0 saturated carbocycles. The fraction of sp³-hybridized carbons (Fsp3) is 0.571. The van der Waals surface area contributed by atoms with E-state index in [9.17, 15) is 4.39 Å². The normalized spacial score (nSPS) is 16.9. The second-order valence-electron chi connectivity index (χ2n) is 4.90. The number of piperazine rings is 1. The zero-order valence-corrected chi connectivity index (χ0v) is 12.9. The highest BCUT2D eigenvalue weighted by Crippen LogP contribution is 2.29. The van der Waals surface area contributed by atoms with E-state index in [-0.39, 0.29) is 5.82 Å². The molecular formula is C14H21BrFN3. The second-order valence-corrected chi connectivity index (χ2v) is 5.70. The monoisotopic (exact) mass is 329 g/mol. The van der Waals surface area contributed by atoms with Crippen LogP contribution >= 0.6 is 15.9 Å². The highest BCUT2D eigenvalue weighted by Gasteiger charge is 2.20. The van der Waals surface area contributed by atoms with Gasteiger partial charge in [-0.3, -0.25) is 4.90 Å². The topological polar surface area (TPSA) is 32.5 Å². The third-order valence-electron chi connectivity index (χ3n) is 3.61. The van der Waals surface area contributed by atoms with Gasteiger partial charge in [0.05, 0.1) is 10.2 Å². The van der Waals surface area contributed by atoms with Crippen molar-refractivity contribution in [3.05, 3.63) is 28.0 Å². The first-order valence-corrected chi connectivity index (χ1v) is 7.61. The summed E-state index contributed by atoms with van der Waals surface area (Å²) in [4.78, 5) is 4.55. The molecule has 0 unspecified atom stereocenters. The Hall–Kier alpha value is -0.650. The van der Waals surface area contributed by atoms with E-state index < -0.39 is 0 Å². The predicted molar refractivity (Wildman–Crippen MR) is 80.9 cm³/mol. The molecule has 0 radical (unpaired) electrons. The lowest BCUT2D eigenvalue weighted by Gasteiger charge is -2.36. The molecular weight excluding hydrogens is 309 g/mol. The van der Waals surface area contributed by atoms with Crippen LogP contribution in [0.2, 0.25) is 0 Å². The Morgan fingerprint density at radius 1 is 1.26 bits per heavy atom. The molecule has 0 bridgehead atoms. The molecule has 0 atom stereocenters. The average Bonchev–Trinajstić information content (AvgIpc) is 2.43. The van der Waals surface area contributed by atoms with Gasteiger partial charge in [0.2, 0.25) is 0 Å². The summed E-state index contributed by atoms with van der Waals surface area (Å²) in [6.07, 6.45) is 1.17. The van der Waals surface area contributed by atoms with Crippen molar-refractivity contribution in [3.63, 3.8) is 0 Å². The van der Waals surface area contributed by atoms with E-state index in [2.05, 4.69) is 32.7 Å². The quantitative estimate of drug-likeness (QED) is 0.921. The maximum Gasteiger partial charge on any atom is 0.160 e. The van der Waals surface area contributed by atoms with Crippen LogP contribution in [0.1, 0.15) is 18.9 Å². The maximum atomic E-state index is 14.3. The molecule has 106 valence electrons. The summed E-state index contributed by atoms with van der Waals surface area (Å²) in [6.45, 7) is 7.44. The molecule has 1 fully saturated rings. The van der Waals surface area contributed by atoms with Gasteiger partial charge in [0.1, 0.15) is 0 Å². The van der Waals surface area contributed by atoms with E-state index in [4.69, 9.17) is 5.73 Å². The van der Waals surface area contributed by atoms with Gasteiger partial charge in [0.25, 0.3) is 0 Å². The lowest BCUT2D eigenvalue weighted by Crippen LogP contribution is -2.46. The molecule has 0 aliphatic carbocycles. The standard InChI is InChI=1S/C14H21BrFN3/c1-2-5-18-6-8-19(9-7-18)12-4-3-11(10-17)13(15)14(12)16/h3-4H,2,5-10,17H2,1H3. The van der Waals surface area contributed by atoms with Crippen molar-refractivity contribution in [2.45, 2.75) is 19.9 Å². The third kappa shape index (κ3) is 3.27. The summed E-state index contributed by atoms with van der Waals surface area (Å²) in [5.41, 5.74) is 7.07. The number of benzene rings is 1. The van der Waals surface area contributed by atoms with Crippen LogP contribution in [0.15, 0.2) is 16.6 Å². The Bertz CT molecular complexity index is 431. The average molecular weight is 330 g/mol. The van der Waals surface area contributed by atoms with Crippen molar-refractivity contribution in [2.75, 3.05) is 37.6 Å². The van der Waals surface area contributed by atoms with E-state index in [0.29, 0.717) is 16.7 Å². The van der Waals surface area contributed by atoms with Gasteiger partial charge in [-0.05, 0) is 40.5 Å². The molecule has 5 heteroatoms. The fourth-order valence-electron chi connectivity index (χ4n) is 2.51. The first kappa shape index (κ1) is 14.8. The van der Waals surface area contributed by atoms with Gasteiger partial charge >= 0.3 is 0 Å². The van der Waals surface area contributed by atoms with Crippen LogP contribution < -0.4 is 10.6 Å². The highest BCUT2D eigenvalue weighted by molar-refractivity contribution is 9.10. The molecule has 1 saturated heterocycles. The summed E-state index contributed by atoms with van der Waals surface area (Å²) in [6, 6.07) is 3.75. The molecule has 1 aromatic rings. The second kappa shape index (κ2) is 6.68. The van der Waals surface area contributed by atoms with Crippen LogP contribution in [0, 0.1) is 5.82 Å². The summed E-state index contributed by atoms with van der Waals surface area (Å²) in [5, 5.41) is 0. The largest absolute Gasteiger partial charge is 0.367 e. The molecule has 2 N–H and O–H groups in total. The van der Waals surface area contributed by atoms with E-state index in [1.165, 1.54) is 6.42 Å². The van der Waals surface area contributed by atoms with Gasteiger partial charge in [-0.25, -0.2) is 4.39 Å². The Morgan fingerprint density at radius 3 is 2.53 bits per heavy atom. The number of rotatable bonds is 4. The summed E-state index contributed by atoms with van der Waals surface area (Å²) < 4.78 is 14.8. The molecule has 0 aromatic heterocycles. The van der Waals surface area contributed by atoms with Gasteiger partial charge in [-0.2, -0.15) is 0 Å². The summed E-state index contributed by atoms with van der Waals surface area (Å²) >= 11 is 3.30. The van der Waals surface area contributed by atoms with Crippen LogP contribution in [0.4, 0.5) is 10.1 Å². The first-order chi connectivity index (χ1) is 9.17.